The van der Waals surface area contributed by atoms with Crippen LogP contribution in [0.25, 0.3) is 0 Å². The molecule has 3 heterocycles. The lowest BCUT2D eigenvalue weighted by molar-refractivity contribution is -0.122. The number of likely N-dealkylation sites (tertiary alicyclic amines) is 1. The van der Waals surface area contributed by atoms with Crippen molar-refractivity contribution < 1.29 is 14.3 Å². The first kappa shape index (κ1) is 16.8. The van der Waals surface area contributed by atoms with Crippen LogP contribution in [-0.4, -0.2) is 41.1 Å². The number of nitrogens with zero attached hydrogens (tertiary/aromatic N) is 3. The van der Waals surface area contributed by atoms with Crippen LogP contribution < -0.4 is 10.1 Å². The summed E-state index contributed by atoms with van der Waals surface area (Å²) < 4.78 is 11.1. The molecule has 1 fully saturated rings. The van der Waals surface area contributed by atoms with Gasteiger partial charge in [-0.1, -0.05) is 6.92 Å². The Labute approximate surface area is 152 Å². The largest absolute Gasteiger partial charge is 0.497 e. The number of fused-ring (bicyclic) bond motifs is 2. The first-order chi connectivity index (χ1) is 12.6. The average Bonchev–Trinajstić information content (AvgIpc) is 3.00. The van der Waals surface area contributed by atoms with E-state index in [1.165, 1.54) is 0 Å². The third-order valence-corrected chi connectivity index (χ3v) is 4.89. The summed E-state index contributed by atoms with van der Waals surface area (Å²) in [6, 6.07) is 7.12. The molecule has 26 heavy (non-hydrogen) atoms. The van der Waals surface area contributed by atoms with Gasteiger partial charge in [0.15, 0.2) is 0 Å². The molecular weight excluding hydrogens is 332 g/mol. The topological polar surface area (TPSA) is 76.6 Å². The molecule has 2 amide bonds. The number of anilines is 1. The van der Waals surface area contributed by atoms with E-state index in [-0.39, 0.29) is 6.03 Å². The van der Waals surface area contributed by atoms with Gasteiger partial charge in [0.05, 0.1) is 32.5 Å². The van der Waals surface area contributed by atoms with Crippen molar-refractivity contribution in [1.29, 1.82) is 0 Å². The molecular formula is C19H22N4O3. The molecule has 4 rings (SSSR count). The molecule has 0 radical (unpaired) electrons. The lowest BCUT2D eigenvalue weighted by Gasteiger charge is -2.46. The molecule has 1 spiro atoms. The fourth-order valence-corrected chi connectivity index (χ4v) is 3.43. The first-order valence-electron chi connectivity index (χ1n) is 8.83. The quantitative estimate of drug-likeness (QED) is 0.913. The molecule has 2 aromatic rings. The number of aryl methyl sites for hydroxylation is 1. The van der Waals surface area contributed by atoms with Gasteiger partial charge in [0.1, 0.15) is 17.2 Å². The predicted octanol–water partition coefficient (Wildman–Crippen LogP) is 2.71. The second kappa shape index (κ2) is 6.57. The molecule has 0 atom stereocenters. The van der Waals surface area contributed by atoms with Gasteiger partial charge in [0.2, 0.25) is 0 Å². The van der Waals surface area contributed by atoms with Gasteiger partial charge in [-0.2, -0.15) is 0 Å². The predicted molar refractivity (Wildman–Crippen MR) is 96.1 cm³/mol. The van der Waals surface area contributed by atoms with E-state index >= 15 is 0 Å². The Kier molecular flexibility index (Phi) is 4.24. The molecule has 136 valence electrons. The van der Waals surface area contributed by atoms with Crippen LogP contribution >= 0.6 is 0 Å². The monoisotopic (exact) mass is 354 g/mol. The number of carbonyl (C=O) groups is 1. The van der Waals surface area contributed by atoms with Crippen LogP contribution in [0.15, 0.2) is 30.5 Å². The van der Waals surface area contributed by atoms with Crippen LogP contribution in [0, 0.1) is 0 Å². The van der Waals surface area contributed by atoms with E-state index in [2.05, 4.69) is 22.2 Å². The van der Waals surface area contributed by atoms with Crippen LogP contribution in [0.5, 0.6) is 5.75 Å². The number of hydrogen-bond acceptors (Lipinski definition) is 5. The molecule has 0 aliphatic carbocycles. The third kappa shape index (κ3) is 2.88. The van der Waals surface area contributed by atoms with Crippen molar-refractivity contribution in [2.24, 2.45) is 0 Å². The summed E-state index contributed by atoms with van der Waals surface area (Å²) in [5, 5.41) is 2.90. The van der Waals surface area contributed by atoms with Crippen molar-refractivity contribution in [3.8, 4) is 5.75 Å². The molecule has 2 aliphatic heterocycles. The van der Waals surface area contributed by atoms with E-state index in [1.807, 2.05) is 30.5 Å². The second-order valence-corrected chi connectivity index (χ2v) is 6.69. The molecule has 1 N–H and O–H groups in total. The zero-order chi connectivity index (χ0) is 18.1. The van der Waals surface area contributed by atoms with Gasteiger partial charge < -0.3 is 19.7 Å². The lowest BCUT2D eigenvalue weighted by Crippen LogP contribution is -2.62. The van der Waals surface area contributed by atoms with Gasteiger partial charge in [0.25, 0.3) is 0 Å². The Morgan fingerprint density at radius 2 is 2.12 bits per heavy atom. The summed E-state index contributed by atoms with van der Waals surface area (Å²) in [4.78, 5) is 23.2. The average molecular weight is 354 g/mol. The number of methoxy groups -OCH3 is 1. The van der Waals surface area contributed by atoms with E-state index in [0.717, 1.165) is 41.4 Å². The highest BCUT2D eigenvalue weighted by atomic mass is 16.5. The minimum Gasteiger partial charge on any atom is -0.497 e. The SMILES string of the molecule is CCCc1ncc2c(n1)COC21CN(C(=O)Nc2ccc(OC)cc2)C1. The molecule has 7 nitrogen and oxygen atoms in total. The number of urea groups is 1. The van der Waals surface area contributed by atoms with Crippen LogP contribution in [0.1, 0.15) is 30.4 Å². The molecule has 1 aromatic carbocycles. The highest BCUT2D eigenvalue weighted by Gasteiger charge is 2.52. The highest BCUT2D eigenvalue weighted by molar-refractivity contribution is 5.90. The van der Waals surface area contributed by atoms with E-state index < -0.39 is 5.60 Å². The van der Waals surface area contributed by atoms with E-state index in [0.29, 0.717) is 19.7 Å². The zero-order valence-corrected chi connectivity index (χ0v) is 15.0. The standard InChI is InChI=1S/C19H22N4O3/c1-3-4-17-20-9-15-16(22-17)10-26-19(15)11-23(12-19)18(24)21-13-5-7-14(25-2)8-6-13/h5-9H,3-4,10-12H2,1-2H3,(H,21,24). The minimum absolute atomic E-state index is 0.138. The Bertz CT molecular complexity index is 816. The molecule has 0 bridgehead atoms. The fourth-order valence-electron chi connectivity index (χ4n) is 3.43. The Balaban J connectivity index is 1.40. The normalized spacial score (nSPS) is 16.9. The number of amides is 2. The Hall–Kier alpha value is -2.67. The summed E-state index contributed by atoms with van der Waals surface area (Å²) >= 11 is 0. The van der Waals surface area contributed by atoms with Crippen LogP contribution in [0.2, 0.25) is 0 Å². The summed E-state index contributed by atoms with van der Waals surface area (Å²) in [5.74, 6) is 1.62. The smallest absolute Gasteiger partial charge is 0.322 e. The Morgan fingerprint density at radius 3 is 2.81 bits per heavy atom. The maximum atomic E-state index is 12.4. The van der Waals surface area contributed by atoms with E-state index in [9.17, 15) is 4.79 Å². The van der Waals surface area contributed by atoms with E-state index in [4.69, 9.17) is 9.47 Å². The maximum absolute atomic E-state index is 12.4. The van der Waals surface area contributed by atoms with Crippen LogP contribution in [0.4, 0.5) is 10.5 Å². The number of carbonyl (C=O) groups excluding carboxylic acids is 1. The minimum atomic E-state index is -0.447. The van der Waals surface area contributed by atoms with Crippen LogP contribution in [-0.2, 0) is 23.4 Å². The number of benzene rings is 1. The second-order valence-electron chi connectivity index (χ2n) is 6.69. The third-order valence-electron chi connectivity index (χ3n) is 4.89. The molecule has 0 unspecified atom stereocenters. The van der Waals surface area contributed by atoms with Gasteiger partial charge in [0, 0.05) is 23.9 Å². The zero-order valence-electron chi connectivity index (χ0n) is 15.0. The number of rotatable bonds is 4. The molecule has 1 saturated heterocycles. The van der Waals surface area contributed by atoms with Crippen molar-refractivity contribution >= 4 is 11.7 Å². The molecule has 1 aromatic heterocycles. The van der Waals surface area contributed by atoms with Crippen LogP contribution in [0.3, 0.4) is 0 Å². The van der Waals surface area contributed by atoms with Gasteiger partial charge in [-0.25, -0.2) is 14.8 Å². The lowest BCUT2D eigenvalue weighted by atomic mass is 9.88. The fraction of sp³-hybridized carbons (Fsp3) is 0.421. The maximum Gasteiger partial charge on any atom is 0.322 e. The molecule has 7 heteroatoms. The van der Waals surface area contributed by atoms with Gasteiger partial charge >= 0.3 is 6.03 Å². The summed E-state index contributed by atoms with van der Waals surface area (Å²) in [6.07, 6.45) is 3.76. The molecule has 0 saturated carbocycles. The summed E-state index contributed by atoms with van der Waals surface area (Å²) in [6.45, 7) is 3.62. The van der Waals surface area contributed by atoms with E-state index in [1.54, 1.807) is 12.0 Å². The van der Waals surface area contributed by atoms with Crippen molar-refractivity contribution in [2.75, 3.05) is 25.5 Å². The van der Waals surface area contributed by atoms with Crippen molar-refractivity contribution in [1.82, 2.24) is 14.9 Å². The number of nitrogens with one attached hydrogen (secondary N) is 1. The number of aromatic nitrogens is 2. The molecule has 2 aliphatic rings. The van der Waals surface area contributed by atoms with Gasteiger partial charge in [-0.3, -0.25) is 0 Å². The Morgan fingerprint density at radius 1 is 1.35 bits per heavy atom. The summed E-state index contributed by atoms with van der Waals surface area (Å²) in [7, 11) is 1.61. The van der Waals surface area contributed by atoms with Crippen molar-refractivity contribution in [3.05, 3.63) is 47.5 Å². The highest BCUT2D eigenvalue weighted by Crippen LogP contribution is 2.42. The van der Waals surface area contributed by atoms with Gasteiger partial charge in [-0.05, 0) is 30.7 Å². The van der Waals surface area contributed by atoms with Gasteiger partial charge in [-0.15, -0.1) is 0 Å². The first-order valence-corrected chi connectivity index (χ1v) is 8.83. The number of ether oxygens (including phenoxy) is 2. The number of hydrogen-bond donors (Lipinski definition) is 1. The van der Waals surface area contributed by atoms with Crippen molar-refractivity contribution in [2.45, 2.75) is 32.0 Å². The summed E-state index contributed by atoms with van der Waals surface area (Å²) in [5.41, 5.74) is 2.26. The van der Waals surface area contributed by atoms with Crippen molar-refractivity contribution in [3.63, 3.8) is 0 Å².